The summed E-state index contributed by atoms with van der Waals surface area (Å²) in [6.45, 7) is 1.12. The van der Waals surface area contributed by atoms with Gasteiger partial charge in [0.25, 0.3) is 0 Å². The first-order chi connectivity index (χ1) is 10.4. The standard InChI is InChI=1S/C17H15N3S/c18-9-4-7-15-8-10-21-17(15)13-20-12-16(11-19-20)14-5-2-1-3-6-14/h1-3,5-6,8,10-12H,9,13,18H2. The Morgan fingerprint density at radius 3 is 2.81 bits per heavy atom. The number of thiophene rings is 1. The molecule has 2 N–H and O–H groups in total. The monoisotopic (exact) mass is 293 g/mol. The van der Waals surface area contributed by atoms with Gasteiger partial charge in [-0.2, -0.15) is 5.10 Å². The van der Waals surface area contributed by atoms with Gasteiger partial charge in [-0.1, -0.05) is 42.2 Å². The van der Waals surface area contributed by atoms with Crippen LogP contribution >= 0.6 is 11.3 Å². The van der Waals surface area contributed by atoms with Gasteiger partial charge < -0.3 is 5.73 Å². The van der Waals surface area contributed by atoms with Gasteiger partial charge in [0.15, 0.2) is 0 Å². The third-order valence-electron chi connectivity index (χ3n) is 3.12. The smallest absolute Gasteiger partial charge is 0.0765 e. The number of aromatic nitrogens is 2. The Hall–Kier alpha value is -2.35. The number of hydrogen-bond donors (Lipinski definition) is 1. The molecule has 2 aromatic heterocycles. The number of nitrogens with zero attached hydrogens (tertiary/aromatic N) is 2. The van der Waals surface area contributed by atoms with Gasteiger partial charge in [0.1, 0.15) is 0 Å². The van der Waals surface area contributed by atoms with Crippen molar-refractivity contribution >= 4 is 11.3 Å². The lowest BCUT2D eigenvalue weighted by molar-refractivity contribution is 0.694. The highest BCUT2D eigenvalue weighted by molar-refractivity contribution is 7.10. The molecule has 0 aliphatic rings. The van der Waals surface area contributed by atoms with Crippen molar-refractivity contribution in [1.29, 1.82) is 0 Å². The summed E-state index contributed by atoms with van der Waals surface area (Å²) in [6, 6.07) is 12.3. The molecule has 21 heavy (non-hydrogen) atoms. The topological polar surface area (TPSA) is 43.8 Å². The van der Waals surface area contributed by atoms with E-state index in [-0.39, 0.29) is 0 Å². The van der Waals surface area contributed by atoms with Crippen molar-refractivity contribution < 1.29 is 0 Å². The highest BCUT2D eigenvalue weighted by Crippen LogP contribution is 2.20. The van der Waals surface area contributed by atoms with Gasteiger partial charge in [0.05, 0.1) is 19.3 Å². The summed E-state index contributed by atoms with van der Waals surface area (Å²) in [5.74, 6) is 6.01. The minimum atomic E-state index is 0.384. The fourth-order valence-electron chi connectivity index (χ4n) is 2.10. The zero-order valence-corrected chi connectivity index (χ0v) is 12.3. The highest BCUT2D eigenvalue weighted by atomic mass is 32.1. The Morgan fingerprint density at radius 1 is 1.14 bits per heavy atom. The third-order valence-corrected chi connectivity index (χ3v) is 4.02. The van der Waals surface area contributed by atoms with Crippen LogP contribution in [0.25, 0.3) is 11.1 Å². The summed E-state index contributed by atoms with van der Waals surface area (Å²) in [4.78, 5) is 1.21. The van der Waals surface area contributed by atoms with Crippen molar-refractivity contribution in [2.24, 2.45) is 5.73 Å². The van der Waals surface area contributed by atoms with Gasteiger partial charge in [-0.25, -0.2) is 0 Å². The van der Waals surface area contributed by atoms with Gasteiger partial charge in [-0.3, -0.25) is 4.68 Å². The van der Waals surface area contributed by atoms with E-state index in [1.807, 2.05) is 35.1 Å². The van der Waals surface area contributed by atoms with E-state index >= 15 is 0 Å². The fraction of sp³-hybridized carbons (Fsp3) is 0.118. The summed E-state index contributed by atoms with van der Waals surface area (Å²) < 4.78 is 1.95. The largest absolute Gasteiger partial charge is 0.320 e. The van der Waals surface area contributed by atoms with Gasteiger partial charge in [0, 0.05) is 22.2 Å². The molecular formula is C17H15N3S. The van der Waals surface area contributed by atoms with E-state index in [1.54, 1.807) is 11.3 Å². The quantitative estimate of drug-likeness (QED) is 0.755. The van der Waals surface area contributed by atoms with Crippen molar-refractivity contribution in [3.63, 3.8) is 0 Å². The molecule has 0 fully saturated rings. The first-order valence-electron chi connectivity index (χ1n) is 6.70. The molecule has 0 spiro atoms. The Kier molecular flexibility index (Phi) is 4.15. The van der Waals surface area contributed by atoms with E-state index in [2.05, 4.69) is 40.6 Å². The number of rotatable bonds is 3. The van der Waals surface area contributed by atoms with Crippen LogP contribution < -0.4 is 5.73 Å². The molecule has 0 saturated heterocycles. The van der Waals surface area contributed by atoms with E-state index in [1.165, 1.54) is 10.4 Å². The molecule has 0 radical (unpaired) electrons. The van der Waals surface area contributed by atoms with E-state index in [0.717, 1.165) is 17.7 Å². The molecule has 104 valence electrons. The van der Waals surface area contributed by atoms with Crippen LogP contribution in [0.15, 0.2) is 54.2 Å². The molecule has 0 aliphatic heterocycles. The van der Waals surface area contributed by atoms with Crippen LogP contribution in [0.4, 0.5) is 0 Å². The summed E-state index contributed by atoms with van der Waals surface area (Å²) in [5.41, 5.74) is 8.78. The molecule has 0 atom stereocenters. The zero-order valence-electron chi connectivity index (χ0n) is 11.5. The first kappa shape index (κ1) is 13.6. The minimum Gasteiger partial charge on any atom is -0.320 e. The lowest BCUT2D eigenvalue weighted by Gasteiger charge is -2.00. The SMILES string of the molecule is NCC#Cc1ccsc1Cn1cc(-c2ccccc2)cn1. The maximum atomic E-state index is 5.43. The number of hydrogen-bond acceptors (Lipinski definition) is 3. The average molecular weight is 293 g/mol. The molecule has 4 heteroatoms. The third kappa shape index (κ3) is 3.22. The van der Waals surface area contributed by atoms with Gasteiger partial charge in [-0.15, -0.1) is 11.3 Å². The molecule has 0 amide bonds. The Labute approximate surface area is 128 Å². The van der Waals surface area contributed by atoms with Crippen LogP contribution in [-0.4, -0.2) is 16.3 Å². The lowest BCUT2D eigenvalue weighted by Crippen LogP contribution is -1.99. The summed E-state index contributed by atoms with van der Waals surface area (Å²) in [5, 5.41) is 6.49. The molecule has 3 rings (SSSR count). The van der Waals surface area contributed by atoms with Crippen LogP contribution in [0, 0.1) is 11.8 Å². The molecule has 1 aromatic carbocycles. The maximum absolute atomic E-state index is 5.43. The van der Waals surface area contributed by atoms with E-state index in [9.17, 15) is 0 Å². The fourth-order valence-corrected chi connectivity index (χ4v) is 2.92. The average Bonchev–Trinajstić information content (AvgIpc) is 3.16. The van der Waals surface area contributed by atoms with E-state index in [4.69, 9.17) is 5.73 Å². The predicted octanol–water partition coefficient (Wildman–Crippen LogP) is 2.97. The zero-order chi connectivity index (χ0) is 14.5. The number of nitrogens with two attached hydrogens (primary N) is 1. The van der Waals surface area contributed by atoms with Crippen molar-refractivity contribution in [1.82, 2.24) is 9.78 Å². The van der Waals surface area contributed by atoms with Crippen LogP contribution in [0.5, 0.6) is 0 Å². The molecule has 3 aromatic rings. The first-order valence-corrected chi connectivity index (χ1v) is 7.58. The van der Waals surface area contributed by atoms with Crippen LogP contribution in [0.1, 0.15) is 10.4 Å². The van der Waals surface area contributed by atoms with Gasteiger partial charge in [-0.05, 0) is 17.0 Å². The second kappa shape index (κ2) is 6.40. The van der Waals surface area contributed by atoms with Crippen molar-refractivity contribution in [2.75, 3.05) is 6.54 Å². The minimum absolute atomic E-state index is 0.384. The van der Waals surface area contributed by atoms with Gasteiger partial charge >= 0.3 is 0 Å². The normalized spacial score (nSPS) is 10.1. The van der Waals surface area contributed by atoms with Crippen LogP contribution in [0.2, 0.25) is 0 Å². The molecular weight excluding hydrogens is 278 g/mol. The summed E-state index contributed by atoms with van der Waals surface area (Å²) >= 11 is 1.70. The molecule has 0 aliphatic carbocycles. The Morgan fingerprint density at radius 2 is 2.00 bits per heavy atom. The second-order valence-corrected chi connectivity index (χ2v) is 5.56. The van der Waals surface area contributed by atoms with Crippen molar-refractivity contribution in [3.05, 3.63) is 64.6 Å². The van der Waals surface area contributed by atoms with Crippen molar-refractivity contribution in [2.45, 2.75) is 6.54 Å². The lowest BCUT2D eigenvalue weighted by atomic mass is 10.1. The highest BCUT2D eigenvalue weighted by Gasteiger charge is 2.05. The molecule has 0 saturated carbocycles. The van der Waals surface area contributed by atoms with E-state index in [0.29, 0.717) is 6.54 Å². The number of benzene rings is 1. The predicted molar refractivity (Wildman–Crippen MR) is 87.0 cm³/mol. The summed E-state index contributed by atoms with van der Waals surface area (Å²) in [7, 11) is 0. The Bertz CT molecular complexity index is 775. The summed E-state index contributed by atoms with van der Waals surface area (Å²) in [6.07, 6.45) is 3.96. The van der Waals surface area contributed by atoms with Crippen LogP contribution in [-0.2, 0) is 6.54 Å². The van der Waals surface area contributed by atoms with Crippen LogP contribution in [0.3, 0.4) is 0 Å². The molecule has 0 bridgehead atoms. The Balaban J connectivity index is 1.81. The molecule has 2 heterocycles. The van der Waals surface area contributed by atoms with Gasteiger partial charge in [0.2, 0.25) is 0 Å². The van der Waals surface area contributed by atoms with Crippen molar-refractivity contribution in [3.8, 4) is 23.0 Å². The second-order valence-electron chi connectivity index (χ2n) is 4.56. The molecule has 0 unspecified atom stereocenters. The maximum Gasteiger partial charge on any atom is 0.0765 e. The molecule has 3 nitrogen and oxygen atoms in total. The van der Waals surface area contributed by atoms with E-state index < -0.39 is 0 Å².